The topological polar surface area (TPSA) is 35.5 Å². The van der Waals surface area contributed by atoms with Crippen LogP contribution in [0.1, 0.15) is 33.1 Å². The van der Waals surface area contributed by atoms with E-state index >= 15 is 0 Å². The first-order valence-electron chi connectivity index (χ1n) is 5.90. The molecule has 17 heavy (non-hydrogen) atoms. The standard InChI is InChI=1S/C13H19IO3/c1-4-6-7-11-10(13(15)16-5-2)8-12(17-11)9(3)14/h4,9,12H,1,5-8H2,2-3H3. The molecule has 1 aliphatic heterocycles. The Morgan fingerprint density at radius 2 is 2.47 bits per heavy atom. The van der Waals surface area contributed by atoms with E-state index in [0.29, 0.717) is 22.5 Å². The second-order valence-electron chi connectivity index (χ2n) is 3.99. The minimum Gasteiger partial charge on any atom is -0.493 e. The normalized spacial score (nSPS) is 21.0. The Labute approximate surface area is 116 Å². The average Bonchev–Trinajstić information content (AvgIpc) is 2.70. The zero-order valence-electron chi connectivity index (χ0n) is 10.4. The van der Waals surface area contributed by atoms with E-state index in [9.17, 15) is 4.79 Å². The van der Waals surface area contributed by atoms with Crippen molar-refractivity contribution in [1.29, 1.82) is 0 Å². The van der Waals surface area contributed by atoms with Gasteiger partial charge in [-0.25, -0.2) is 4.79 Å². The fourth-order valence-corrected chi connectivity index (χ4v) is 2.13. The molecule has 0 bridgehead atoms. The molecule has 0 radical (unpaired) electrons. The largest absolute Gasteiger partial charge is 0.493 e. The van der Waals surface area contributed by atoms with Crippen molar-refractivity contribution < 1.29 is 14.3 Å². The summed E-state index contributed by atoms with van der Waals surface area (Å²) in [5, 5.41) is 0. The summed E-state index contributed by atoms with van der Waals surface area (Å²) >= 11 is 2.32. The molecule has 1 rings (SSSR count). The predicted octanol–water partition coefficient (Wildman–Crippen LogP) is 3.38. The highest BCUT2D eigenvalue weighted by Gasteiger charge is 2.32. The number of alkyl halides is 1. The summed E-state index contributed by atoms with van der Waals surface area (Å²) in [5.74, 6) is 0.558. The fraction of sp³-hybridized carbons (Fsp3) is 0.615. The molecule has 0 amide bonds. The summed E-state index contributed by atoms with van der Waals surface area (Å²) < 4.78 is 11.3. The van der Waals surface area contributed by atoms with Crippen LogP contribution in [0.2, 0.25) is 0 Å². The van der Waals surface area contributed by atoms with Gasteiger partial charge in [-0.05, 0) is 20.3 Å². The lowest BCUT2D eigenvalue weighted by molar-refractivity contribution is -0.138. The van der Waals surface area contributed by atoms with Crippen molar-refractivity contribution in [2.24, 2.45) is 0 Å². The van der Waals surface area contributed by atoms with Crippen LogP contribution in [0.25, 0.3) is 0 Å². The Bertz CT molecular complexity index is 321. The van der Waals surface area contributed by atoms with E-state index in [2.05, 4.69) is 36.1 Å². The van der Waals surface area contributed by atoms with Gasteiger partial charge in [0.1, 0.15) is 11.9 Å². The van der Waals surface area contributed by atoms with E-state index in [1.807, 2.05) is 13.0 Å². The molecule has 1 aliphatic rings. The van der Waals surface area contributed by atoms with Crippen molar-refractivity contribution in [2.75, 3.05) is 6.61 Å². The van der Waals surface area contributed by atoms with Crippen LogP contribution in [0.5, 0.6) is 0 Å². The van der Waals surface area contributed by atoms with Gasteiger partial charge in [-0.3, -0.25) is 0 Å². The van der Waals surface area contributed by atoms with Gasteiger partial charge in [-0.1, -0.05) is 28.7 Å². The van der Waals surface area contributed by atoms with Crippen molar-refractivity contribution in [2.45, 2.75) is 43.1 Å². The molecule has 0 aliphatic carbocycles. The van der Waals surface area contributed by atoms with Crippen LogP contribution in [-0.2, 0) is 14.3 Å². The fourth-order valence-electron chi connectivity index (χ4n) is 1.73. The van der Waals surface area contributed by atoms with E-state index in [-0.39, 0.29) is 12.1 Å². The minimum absolute atomic E-state index is 0.0924. The molecule has 0 fully saturated rings. The van der Waals surface area contributed by atoms with Crippen LogP contribution < -0.4 is 0 Å². The average molecular weight is 350 g/mol. The highest BCUT2D eigenvalue weighted by Crippen LogP contribution is 2.32. The number of esters is 1. The molecule has 0 spiro atoms. The number of allylic oxidation sites excluding steroid dienone is 2. The molecule has 0 aromatic rings. The summed E-state index contributed by atoms with van der Waals surface area (Å²) in [5.41, 5.74) is 0.710. The maximum atomic E-state index is 11.8. The molecule has 96 valence electrons. The number of carbonyl (C=O) groups excluding carboxylic acids is 1. The molecular weight excluding hydrogens is 331 g/mol. The molecular formula is C13H19IO3. The monoisotopic (exact) mass is 350 g/mol. The van der Waals surface area contributed by atoms with Gasteiger partial charge in [0, 0.05) is 16.8 Å². The van der Waals surface area contributed by atoms with Gasteiger partial charge in [-0.2, -0.15) is 0 Å². The molecule has 1 heterocycles. The number of ether oxygens (including phenoxy) is 2. The van der Waals surface area contributed by atoms with Crippen LogP contribution in [0.3, 0.4) is 0 Å². The molecule has 2 unspecified atom stereocenters. The van der Waals surface area contributed by atoms with Crippen molar-refractivity contribution in [1.82, 2.24) is 0 Å². The Morgan fingerprint density at radius 3 is 3.00 bits per heavy atom. The van der Waals surface area contributed by atoms with E-state index < -0.39 is 0 Å². The third-order valence-electron chi connectivity index (χ3n) is 2.65. The highest BCUT2D eigenvalue weighted by molar-refractivity contribution is 14.1. The second-order valence-corrected chi connectivity index (χ2v) is 5.95. The Morgan fingerprint density at radius 1 is 1.76 bits per heavy atom. The zero-order chi connectivity index (χ0) is 12.8. The summed E-state index contributed by atoms with van der Waals surface area (Å²) in [6, 6.07) is 0. The Balaban J connectivity index is 2.75. The lowest BCUT2D eigenvalue weighted by atomic mass is 10.1. The van der Waals surface area contributed by atoms with Crippen LogP contribution >= 0.6 is 22.6 Å². The van der Waals surface area contributed by atoms with Crippen LogP contribution in [0, 0.1) is 0 Å². The quantitative estimate of drug-likeness (QED) is 0.319. The molecule has 0 saturated carbocycles. The third-order valence-corrected chi connectivity index (χ3v) is 3.45. The molecule has 3 nitrogen and oxygen atoms in total. The van der Waals surface area contributed by atoms with Crippen molar-refractivity contribution >= 4 is 28.6 Å². The second kappa shape index (κ2) is 7.03. The molecule has 0 aromatic heterocycles. The van der Waals surface area contributed by atoms with Crippen molar-refractivity contribution in [3.8, 4) is 0 Å². The van der Waals surface area contributed by atoms with Crippen LogP contribution in [0.15, 0.2) is 24.0 Å². The maximum absolute atomic E-state index is 11.8. The van der Waals surface area contributed by atoms with Gasteiger partial charge >= 0.3 is 5.97 Å². The van der Waals surface area contributed by atoms with Gasteiger partial charge in [0.2, 0.25) is 0 Å². The summed E-state index contributed by atoms with van der Waals surface area (Å²) in [4.78, 5) is 11.8. The SMILES string of the molecule is C=CCCC1=C(C(=O)OCC)CC(C(C)I)O1. The van der Waals surface area contributed by atoms with E-state index in [0.717, 1.165) is 18.6 Å². The van der Waals surface area contributed by atoms with Crippen molar-refractivity contribution in [3.05, 3.63) is 24.0 Å². The third kappa shape index (κ3) is 4.01. The van der Waals surface area contributed by atoms with Crippen LogP contribution in [0.4, 0.5) is 0 Å². The van der Waals surface area contributed by atoms with Gasteiger partial charge in [-0.15, -0.1) is 6.58 Å². The van der Waals surface area contributed by atoms with Gasteiger partial charge in [0.15, 0.2) is 0 Å². The number of carbonyl (C=O) groups is 1. The zero-order valence-corrected chi connectivity index (χ0v) is 12.5. The molecule has 0 saturated heterocycles. The number of hydrogen-bond acceptors (Lipinski definition) is 3. The lowest BCUT2D eigenvalue weighted by Crippen LogP contribution is -2.17. The van der Waals surface area contributed by atoms with Gasteiger partial charge in [0.05, 0.1) is 12.2 Å². The summed E-state index contributed by atoms with van der Waals surface area (Å²) in [7, 11) is 0. The van der Waals surface area contributed by atoms with E-state index in [1.165, 1.54) is 0 Å². The van der Waals surface area contributed by atoms with Gasteiger partial charge in [0.25, 0.3) is 0 Å². The van der Waals surface area contributed by atoms with Gasteiger partial charge < -0.3 is 9.47 Å². The molecule has 4 heteroatoms. The Kier molecular flexibility index (Phi) is 6.02. The molecule has 0 aromatic carbocycles. The predicted molar refractivity (Wildman–Crippen MR) is 76.1 cm³/mol. The smallest absolute Gasteiger partial charge is 0.337 e. The summed E-state index contributed by atoms with van der Waals surface area (Å²) in [6.45, 7) is 7.99. The number of hydrogen-bond donors (Lipinski definition) is 0. The first-order valence-corrected chi connectivity index (χ1v) is 7.15. The maximum Gasteiger partial charge on any atom is 0.337 e. The first-order chi connectivity index (χ1) is 8.10. The first kappa shape index (κ1) is 14.5. The highest BCUT2D eigenvalue weighted by atomic mass is 127. The van der Waals surface area contributed by atoms with Crippen LogP contribution in [-0.4, -0.2) is 22.6 Å². The van der Waals surface area contributed by atoms with Crippen molar-refractivity contribution in [3.63, 3.8) is 0 Å². The number of halogens is 1. The number of rotatable bonds is 6. The van der Waals surface area contributed by atoms with E-state index in [4.69, 9.17) is 9.47 Å². The molecule has 2 atom stereocenters. The minimum atomic E-state index is -0.230. The molecule has 0 N–H and O–H groups in total. The lowest BCUT2D eigenvalue weighted by Gasteiger charge is -2.14. The van der Waals surface area contributed by atoms with E-state index in [1.54, 1.807) is 0 Å². The Hall–Kier alpha value is -0.520. The summed E-state index contributed by atoms with van der Waals surface area (Å²) in [6.07, 6.45) is 4.14.